The highest BCUT2D eigenvalue weighted by Gasteiger charge is 2.08. The fourth-order valence-corrected chi connectivity index (χ4v) is 2.66. The van der Waals surface area contributed by atoms with Gasteiger partial charge in [0.05, 0.1) is 6.61 Å². The number of hydrogen-bond acceptors (Lipinski definition) is 4. The van der Waals surface area contributed by atoms with Gasteiger partial charge in [-0.15, -0.1) is 0 Å². The number of ether oxygens (including phenoxy) is 1. The SMILES string of the molecule is CCOc1ccc(NC(=O)c2cc(NCCc3ccccc3)ccn2)cc1. The lowest BCUT2D eigenvalue weighted by Gasteiger charge is -2.09. The van der Waals surface area contributed by atoms with Crippen molar-refractivity contribution in [2.24, 2.45) is 0 Å². The molecule has 0 aliphatic heterocycles. The Bertz CT molecular complexity index is 864. The van der Waals surface area contributed by atoms with E-state index < -0.39 is 0 Å². The highest BCUT2D eigenvalue weighted by atomic mass is 16.5. The molecule has 0 radical (unpaired) electrons. The van der Waals surface area contributed by atoms with Gasteiger partial charge < -0.3 is 15.4 Å². The lowest BCUT2D eigenvalue weighted by molar-refractivity contribution is 0.102. The molecule has 3 rings (SSSR count). The number of rotatable bonds is 8. The number of benzene rings is 2. The van der Waals surface area contributed by atoms with Gasteiger partial charge in [-0.05, 0) is 55.3 Å². The summed E-state index contributed by atoms with van der Waals surface area (Å²) in [6.07, 6.45) is 2.55. The summed E-state index contributed by atoms with van der Waals surface area (Å²) in [5, 5.41) is 6.19. The number of carbonyl (C=O) groups excluding carboxylic acids is 1. The number of pyridine rings is 1. The number of aromatic nitrogens is 1. The average Bonchev–Trinajstić information content (AvgIpc) is 2.71. The van der Waals surface area contributed by atoms with E-state index in [0.717, 1.165) is 24.4 Å². The van der Waals surface area contributed by atoms with Crippen LogP contribution in [0.4, 0.5) is 11.4 Å². The molecule has 0 fully saturated rings. The van der Waals surface area contributed by atoms with Gasteiger partial charge in [0.25, 0.3) is 5.91 Å². The molecule has 3 aromatic rings. The molecule has 0 unspecified atom stereocenters. The first-order valence-corrected chi connectivity index (χ1v) is 9.02. The Morgan fingerprint density at radius 3 is 2.52 bits per heavy atom. The molecule has 0 atom stereocenters. The molecule has 5 heteroatoms. The summed E-state index contributed by atoms with van der Waals surface area (Å²) in [7, 11) is 0. The minimum Gasteiger partial charge on any atom is -0.494 e. The maximum atomic E-state index is 12.4. The van der Waals surface area contributed by atoms with E-state index in [1.54, 1.807) is 12.3 Å². The number of amides is 1. The average molecular weight is 361 g/mol. The lowest BCUT2D eigenvalue weighted by Crippen LogP contribution is -2.14. The van der Waals surface area contributed by atoms with Crippen LogP contribution in [0.1, 0.15) is 23.0 Å². The van der Waals surface area contributed by atoms with Gasteiger partial charge in [0, 0.05) is 24.1 Å². The number of nitrogens with one attached hydrogen (secondary N) is 2. The van der Waals surface area contributed by atoms with Gasteiger partial charge in [-0.25, -0.2) is 0 Å². The van der Waals surface area contributed by atoms with E-state index in [4.69, 9.17) is 4.74 Å². The van der Waals surface area contributed by atoms with E-state index in [1.807, 2.05) is 55.5 Å². The van der Waals surface area contributed by atoms with Gasteiger partial charge in [-0.3, -0.25) is 9.78 Å². The molecule has 138 valence electrons. The van der Waals surface area contributed by atoms with Crippen molar-refractivity contribution >= 4 is 17.3 Å². The van der Waals surface area contributed by atoms with Gasteiger partial charge in [0.15, 0.2) is 0 Å². The maximum Gasteiger partial charge on any atom is 0.274 e. The van der Waals surface area contributed by atoms with E-state index >= 15 is 0 Å². The van der Waals surface area contributed by atoms with E-state index in [-0.39, 0.29) is 5.91 Å². The van der Waals surface area contributed by atoms with Crippen LogP contribution in [0.25, 0.3) is 0 Å². The first-order valence-electron chi connectivity index (χ1n) is 9.02. The highest BCUT2D eigenvalue weighted by molar-refractivity contribution is 6.03. The first kappa shape index (κ1) is 18.5. The number of nitrogens with zero attached hydrogens (tertiary/aromatic N) is 1. The first-order chi connectivity index (χ1) is 13.2. The molecule has 0 spiro atoms. The monoisotopic (exact) mass is 361 g/mol. The third-order valence-corrected chi connectivity index (χ3v) is 4.00. The van der Waals surface area contributed by atoms with Crippen molar-refractivity contribution in [3.63, 3.8) is 0 Å². The van der Waals surface area contributed by atoms with Gasteiger partial charge in [0.2, 0.25) is 0 Å². The summed E-state index contributed by atoms with van der Waals surface area (Å²) in [6, 6.07) is 21.2. The number of hydrogen-bond donors (Lipinski definition) is 2. The molecule has 0 aliphatic carbocycles. The zero-order valence-corrected chi connectivity index (χ0v) is 15.3. The Morgan fingerprint density at radius 2 is 1.78 bits per heavy atom. The van der Waals surface area contributed by atoms with Crippen LogP contribution >= 0.6 is 0 Å². The third kappa shape index (κ3) is 5.57. The van der Waals surface area contributed by atoms with E-state index in [2.05, 4.69) is 27.8 Å². The van der Waals surface area contributed by atoms with Crippen LogP contribution in [0.15, 0.2) is 72.9 Å². The Balaban J connectivity index is 1.56. The molecule has 2 aromatic carbocycles. The molecular weight excluding hydrogens is 338 g/mol. The maximum absolute atomic E-state index is 12.4. The molecule has 0 saturated heterocycles. The topological polar surface area (TPSA) is 63.2 Å². The van der Waals surface area contributed by atoms with Crippen LogP contribution in [0.3, 0.4) is 0 Å². The zero-order valence-electron chi connectivity index (χ0n) is 15.3. The van der Waals surface area contributed by atoms with Crippen LogP contribution in [-0.2, 0) is 6.42 Å². The Kier molecular flexibility index (Phi) is 6.41. The van der Waals surface area contributed by atoms with Crippen molar-refractivity contribution in [1.29, 1.82) is 0 Å². The third-order valence-electron chi connectivity index (χ3n) is 4.00. The summed E-state index contributed by atoms with van der Waals surface area (Å²) in [5.74, 6) is 0.532. The molecule has 0 bridgehead atoms. The highest BCUT2D eigenvalue weighted by Crippen LogP contribution is 2.17. The number of anilines is 2. The molecule has 0 saturated carbocycles. The lowest BCUT2D eigenvalue weighted by atomic mass is 10.1. The minimum absolute atomic E-state index is 0.245. The van der Waals surface area contributed by atoms with Crippen molar-refractivity contribution in [2.75, 3.05) is 23.8 Å². The second kappa shape index (κ2) is 9.38. The Morgan fingerprint density at radius 1 is 1.00 bits per heavy atom. The smallest absolute Gasteiger partial charge is 0.274 e. The van der Waals surface area contributed by atoms with Crippen LogP contribution in [0, 0.1) is 0 Å². The molecule has 2 N–H and O–H groups in total. The molecule has 1 heterocycles. The molecular formula is C22H23N3O2. The summed E-state index contributed by atoms with van der Waals surface area (Å²) < 4.78 is 5.40. The zero-order chi connectivity index (χ0) is 18.9. The summed E-state index contributed by atoms with van der Waals surface area (Å²) in [4.78, 5) is 16.6. The van der Waals surface area contributed by atoms with Crippen LogP contribution in [-0.4, -0.2) is 24.0 Å². The number of carbonyl (C=O) groups is 1. The van der Waals surface area contributed by atoms with Gasteiger partial charge in [-0.2, -0.15) is 0 Å². The fraction of sp³-hybridized carbons (Fsp3) is 0.182. The minimum atomic E-state index is -0.245. The molecule has 5 nitrogen and oxygen atoms in total. The van der Waals surface area contributed by atoms with Crippen LogP contribution < -0.4 is 15.4 Å². The molecule has 27 heavy (non-hydrogen) atoms. The van der Waals surface area contributed by atoms with Crippen molar-refractivity contribution < 1.29 is 9.53 Å². The second-order valence-corrected chi connectivity index (χ2v) is 6.00. The normalized spacial score (nSPS) is 10.3. The Hall–Kier alpha value is -3.34. The largest absolute Gasteiger partial charge is 0.494 e. The van der Waals surface area contributed by atoms with Gasteiger partial charge in [0.1, 0.15) is 11.4 Å². The molecule has 1 amide bonds. The van der Waals surface area contributed by atoms with E-state index in [0.29, 0.717) is 18.0 Å². The van der Waals surface area contributed by atoms with Gasteiger partial charge >= 0.3 is 0 Å². The standard InChI is InChI=1S/C22H23N3O2/c1-2-27-20-10-8-18(9-11-20)25-22(26)21-16-19(13-15-24-21)23-14-12-17-6-4-3-5-7-17/h3-11,13,15-16H,2,12,14H2,1H3,(H,23,24)(H,25,26). The van der Waals surface area contributed by atoms with Crippen molar-refractivity contribution in [2.45, 2.75) is 13.3 Å². The Labute approximate surface area is 159 Å². The molecule has 0 aliphatic rings. The van der Waals surface area contributed by atoms with Crippen molar-refractivity contribution in [3.05, 3.63) is 84.2 Å². The van der Waals surface area contributed by atoms with Crippen LogP contribution in [0.5, 0.6) is 5.75 Å². The summed E-state index contributed by atoms with van der Waals surface area (Å²) in [6.45, 7) is 3.33. The fourth-order valence-electron chi connectivity index (χ4n) is 2.66. The quantitative estimate of drug-likeness (QED) is 0.625. The van der Waals surface area contributed by atoms with E-state index in [1.165, 1.54) is 5.56 Å². The summed E-state index contributed by atoms with van der Waals surface area (Å²) in [5.41, 5.74) is 3.21. The van der Waals surface area contributed by atoms with Crippen LogP contribution in [0.2, 0.25) is 0 Å². The van der Waals surface area contributed by atoms with Crippen molar-refractivity contribution in [3.8, 4) is 5.75 Å². The molecule has 1 aromatic heterocycles. The second-order valence-electron chi connectivity index (χ2n) is 6.00. The summed E-state index contributed by atoms with van der Waals surface area (Å²) >= 11 is 0. The van der Waals surface area contributed by atoms with Gasteiger partial charge in [-0.1, -0.05) is 30.3 Å². The predicted molar refractivity (Wildman–Crippen MR) is 108 cm³/mol. The predicted octanol–water partition coefficient (Wildman–Crippen LogP) is 4.39. The van der Waals surface area contributed by atoms with E-state index in [9.17, 15) is 4.79 Å². The van der Waals surface area contributed by atoms with Crippen molar-refractivity contribution in [1.82, 2.24) is 4.98 Å².